The predicted molar refractivity (Wildman–Crippen MR) is 155 cm³/mol. The monoisotopic (exact) mass is 543 g/mol. The summed E-state index contributed by atoms with van der Waals surface area (Å²) in [4.78, 5) is 4.25. The van der Waals surface area contributed by atoms with Crippen molar-refractivity contribution in [3.8, 4) is 0 Å². The molecule has 0 amide bonds. The van der Waals surface area contributed by atoms with Crippen LogP contribution in [0.5, 0.6) is 0 Å². The summed E-state index contributed by atoms with van der Waals surface area (Å²) in [5.41, 5.74) is 1.76. The highest BCUT2D eigenvalue weighted by Gasteiger charge is 2.27. The van der Waals surface area contributed by atoms with E-state index in [4.69, 9.17) is 11.6 Å². The van der Waals surface area contributed by atoms with Gasteiger partial charge in [-0.2, -0.15) is 8.42 Å². The standard InChI is InChI=1S/C23H18ClNO3S3.2C2H4/c1-2-25-22(30-20-9-7-14-5-3-4-6-16(14)23(20)25)12-21-18(13-31(26,27)28)17-11-15(24)8-10-19(17)29-21;2*1-2/h3-12H,2,13H2,1H3,(H,26,27,28);2*1-2H2. The van der Waals surface area contributed by atoms with Crippen molar-refractivity contribution in [2.75, 3.05) is 11.4 Å². The summed E-state index contributed by atoms with van der Waals surface area (Å²) in [5, 5.41) is 4.70. The largest absolute Gasteiger partial charge is 0.335 e. The van der Waals surface area contributed by atoms with Crippen LogP contribution in [-0.4, -0.2) is 19.5 Å². The van der Waals surface area contributed by atoms with E-state index >= 15 is 0 Å². The molecule has 182 valence electrons. The highest BCUT2D eigenvalue weighted by molar-refractivity contribution is 8.04. The number of hydrogen-bond donors (Lipinski definition) is 1. The van der Waals surface area contributed by atoms with E-state index in [9.17, 15) is 13.0 Å². The predicted octanol–water partition coefficient (Wildman–Crippen LogP) is 8.63. The van der Waals surface area contributed by atoms with E-state index in [1.807, 2.05) is 24.3 Å². The number of thioether (sulfide) groups is 1. The van der Waals surface area contributed by atoms with Gasteiger partial charge in [0.25, 0.3) is 10.1 Å². The van der Waals surface area contributed by atoms with Gasteiger partial charge in [0.1, 0.15) is 5.75 Å². The Bertz CT molecular complexity index is 1510. The van der Waals surface area contributed by atoms with Gasteiger partial charge in [-0.05, 0) is 53.6 Å². The molecule has 0 aliphatic carbocycles. The number of nitrogens with zero attached hydrogens (tertiary/aromatic N) is 1. The molecule has 0 saturated carbocycles. The van der Waals surface area contributed by atoms with Gasteiger partial charge in [-0.25, -0.2) is 0 Å². The van der Waals surface area contributed by atoms with Crippen LogP contribution < -0.4 is 4.90 Å². The zero-order chi connectivity index (χ0) is 25.8. The molecule has 0 fully saturated rings. The molecule has 0 saturated heterocycles. The van der Waals surface area contributed by atoms with Gasteiger partial charge in [0.15, 0.2) is 0 Å². The van der Waals surface area contributed by atoms with Gasteiger partial charge in [-0.1, -0.05) is 53.7 Å². The number of benzene rings is 3. The van der Waals surface area contributed by atoms with E-state index in [0.29, 0.717) is 10.6 Å². The fraction of sp³-hybridized carbons (Fsp3) is 0.111. The molecule has 0 bridgehead atoms. The van der Waals surface area contributed by atoms with Crippen LogP contribution in [0, 0.1) is 0 Å². The van der Waals surface area contributed by atoms with Crippen LogP contribution in [0.25, 0.3) is 26.9 Å². The molecule has 1 aliphatic heterocycles. The summed E-state index contributed by atoms with van der Waals surface area (Å²) in [6.07, 6.45) is 2.03. The molecule has 0 radical (unpaired) electrons. The normalized spacial score (nSPS) is 13.8. The summed E-state index contributed by atoms with van der Waals surface area (Å²) < 4.78 is 34.0. The summed E-state index contributed by atoms with van der Waals surface area (Å²) in [7, 11) is -4.20. The minimum atomic E-state index is -4.20. The Labute approximate surface area is 220 Å². The first kappa shape index (κ1) is 27.0. The van der Waals surface area contributed by atoms with Gasteiger partial charge < -0.3 is 4.90 Å². The van der Waals surface area contributed by atoms with Crippen molar-refractivity contribution in [1.29, 1.82) is 0 Å². The maximum absolute atomic E-state index is 11.8. The van der Waals surface area contributed by atoms with Crippen LogP contribution in [0.15, 0.2) is 90.8 Å². The maximum atomic E-state index is 11.8. The van der Waals surface area contributed by atoms with Crippen molar-refractivity contribution in [3.63, 3.8) is 0 Å². The van der Waals surface area contributed by atoms with Crippen molar-refractivity contribution in [2.45, 2.75) is 17.6 Å². The lowest BCUT2D eigenvalue weighted by Crippen LogP contribution is -2.16. The first-order chi connectivity index (χ1) is 16.8. The lowest BCUT2D eigenvalue weighted by atomic mass is 10.1. The Morgan fingerprint density at radius 2 is 1.74 bits per heavy atom. The summed E-state index contributed by atoms with van der Waals surface area (Å²) in [6.45, 7) is 14.9. The molecule has 0 unspecified atom stereocenters. The number of hydrogen-bond acceptors (Lipinski definition) is 5. The van der Waals surface area contributed by atoms with Crippen molar-refractivity contribution in [2.24, 2.45) is 0 Å². The average molecular weight is 544 g/mol. The molecule has 2 heterocycles. The van der Waals surface area contributed by atoms with Gasteiger partial charge in [-0.3, -0.25) is 4.55 Å². The molecule has 1 N–H and O–H groups in total. The summed E-state index contributed by atoms with van der Waals surface area (Å²) in [5.74, 6) is -0.445. The Hall–Kier alpha value is -2.55. The molecule has 4 nitrogen and oxygen atoms in total. The van der Waals surface area contributed by atoms with Gasteiger partial charge in [0.05, 0.1) is 10.7 Å². The van der Waals surface area contributed by atoms with E-state index in [2.05, 4.69) is 62.4 Å². The Morgan fingerprint density at radius 1 is 1.03 bits per heavy atom. The van der Waals surface area contributed by atoms with Crippen LogP contribution in [0.3, 0.4) is 0 Å². The zero-order valence-corrected chi connectivity index (χ0v) is 22.5. The van der Waals surface area contributed by atoms with Gasteiger partial charge >= 0.3 is 0 Å². The molecular formula is C27H26ClNO3S3. The molecule has 8 heteroatoms. The topological polar surface area (TPSA) is 57.6 Å². The number of anilines is 1. The number of thiophene rings is 1. The third kappa shape index (κ3) is 5.66. The summed E-state index contributed by atoms with van der Waals surface area (Å²) in [6, 6.07) is 18.0. The van der Waals surface area contributed by atoms with Crippen LogP contribution in [0.1, 0.15) is 17.4 Å². The Balaban J connectivity index is 0.000000815. The van der Waals surface area contributed by atoms with Crippen LogP contribution >= 0.6 is 34.7 Å². The minimum Gasteiger partial charge on any atom is -0.335 e. The van der Waals surface area contributed by atoms with Gasteiger partial charge in [-0.15, -0.1) is 37.7 Å². The van der Waals surface area contributed by atoms with E-state index in [1.165, 1.54) is 32.7 Å². The molecule has 3 aromatic carbocycles. The van der Waals surface area contributed by atoms with Crippen molar-refractivity contribution >= 4 is 77.4 Å². The SMILES string of the molecule is C=C.C=C.CCN1C(=Cc2sc3ccc(Cl)cc3c2CS(=O)(=O)O)Sc2ccc3ccccc3c21. The zero-order valence-electron chi connectivity index (χ0n) is 19.3. The van der Waals surface area contributed by atoms with E-state index in [-0.39, 0.29) is 0 Å². The minimum absolute atomic E-state index is 0.445. The average Bonchev–Trinajstić information content (AvgIpc) is 3.38. The highest BCUT2D eigenvalue weighted by Crippen LogP contribution is 2.50. The summed E-state index contributed by atoms with van der Waals surface area (Å²) >= 11 is 9.35. The number of rotatable bonds is 4. The third-order valence-electron chi connectivity index (χ3n) is 5.30. The molecule has 1 aliphatic rings. The van der Waals surface area contributed by atoms with Crippen LogP contribution in [0.2, 0.25) is 5.02 Å². The van der Waals surface area contributed by atoms with Crippen molar-refractivity contribution < 1.29 is 13.0 Å². The Kier molecular flexibility index (Phi) is 8.85. The molecule has 35 heavy (non-hydrogen) atoms. The van der Waals surface area contributed by atoms with Crippen molar-refractivity contribution in [1.82, 2.24) is 0 Å². The Morgan fingerprint density at radius 3 is 2.43 bits per heavy atom. The quantitative estimate of drug-likeness (QED) is 0.206. The van der Waals surface area contributed by atoms with Gasteiger partial charge in [0.2, 0.25) is 0 Å². The first-order valence-electron chi connectivity index (χ1n) is 10.7. The molecule has 1 aromatic heterocycles. The number of halogens is 1. The van der Waals surface area contributed by atoms with E-state index in [0.717, 1.165) is 26.5 Å². The van der Waals surface area contributed by atoms with Gasteiger partial charge in [0, 0.05) is 31.4 Å². The lowest BCUT2D eigenvalue weighted by molar-refractivity contribution is 0.482. The molecule has 5 rings (SSSR count). The fourth-order valence-electron chi connectivity index (χ4n) is 4.00. The third-order valence-corrected chi connectivity index (χ3v) is 8.44. The molecule has 0 spiro atoms. The first-order valence-corrected chi connectivity index (χ1v) is 14.3. The highest BCUT2D eigenvalue weighted by atomic mass is 35.5. The molecule has 4 aromatic rings. The molecular weight excluding hydrogens is 518 g/mol. The van der Waals surface area contributed by atoms with E-state index in [1.54, 1.807) is 23.9 Å². The van der Waals surface area contributed by atoms with Crippen LogP contribution in [0.4, 0.5) is 5.69 Å². The van der Waals surface area contributed by atoms with Crippen LogP contribution in [-0.2, 0) is 15.9 Å². The molecule has 0 atom stereocenters. The maximum Gasteiger partial charge on any atom is 0.269 e. The fourth-order valence-corrected chi connectivity index (χ4v) is 7.34. The second-order valence-corrected chi connectivity index (χ2v) is 11.3. The second kappa shape index (κ2) is 11.5. The van der Waals surface area contributed by atoms with E-state index < -0.39 is 15.9 Å². The smallest absolute Gasteiger partial charge is 0.269 e. The number of fused-ring (bicyclic) bond motifs is 4. The lowest BCUT2D eigenvalue weighted by Gasteiger charge is -2.19. The van der Waals surface area contributed by atoms with Crippen molar-refractivity contribution in [3.05, 3.63) is 101 Å². The second-order valence-electron chi connectivity index (χ2n) is 7.27.